The maximum atomic E-state index is 11.2. The molecule has 1 aliphatic heterocycles. The Morgan fingerprint density at radius 2 is 1.92 bits per heavy atom. The number of amides is 2. The highest BCUT2D eigenvalue weighted by Crippen LogP contribution is 2.09. The lowest BCUT2D eigenvalue weighted by Crippen LogP contribution is -2.50. The first-order chi connectivity index (χ1) is 5.63. The van der Waals surface area contributed by atoms with Gasteiger partial charge >= 0.3 is 6.03 Å². The predicted molar refractivity (Wildman–Crippen MR) is 46.0 cm³/mol. The molecular formula is C8H16N2O2. The fourth-order valence-electron chi connectivity index (χ4n) is 1.50. The number of morpholine rings is 1. The Labute approximate surface area is 72.9 Å². The number of carbonyl (C=O) groups is 1. The van der Waals surface area contributed by atoms with E-state index in [1.807, 2.05) is 13.8 Å². The molecule has 0 unspecified atom stereocenters. The molecule has 0 aromatic rings. The van der Waals surface area contributed by atoms with Crippen LogP contribution in [0.3, 0.4) is 0 Å². The zero-order valence-corrected chi connectivity index (χ0v) is 7.83. The highest BCUT2D eigenvalue weighted by Gasteiger charge is 2.24. The van der Waals surface area contributed by atoms with Crippen molar-refractivity contribution in [1.29, 1.82) is 0 Å². The summed E-state index contributed by atoms with van der Waals surface area (Å²) in [4.78, 5) is 13.0. The quantitative estimate of drug-likeness (QED) is 0.576. The molecule has 0 bridgehead atoms. The predicted octanol–water partition coefficient (Wildman–Crippen LogP) is 0.435. The van der Waals surface area contributed by atoms with Crippen molar-refractivity contribution in [3.05, 3.63) is 0 Å². The lowest BCUT2D eigenvalue weighted by molar-refractivity contribution is -0.0543. The summed E-state index contributed by atoms with van der Waals surface area (Å²) in [5.41, 5.74) is 0. The first-order valence-electron chi connectivity index (χ1n) is 4.25. The molecule has 0 saturated carbocycles. The first-order valence-corrected chi connectivity index (χ1v) is 4.25. The molecule has 1 heterocycles. The van der Waals surface area contributed by atoms with Gasteiger partial charge in [0.15, 0.2) is 0 Å². The van der Waals surface area contributed by atoms with E-state index in [0.29, 0.717) is 13.1 Å². The molecule has 1 saturated heterocycles. The second-order valence-electron chi connectivity index (χ2n) is 3.22. The van der Waals surface area contributed by atoms with Crippen LogP contribution < -0.4 is 5.32 Å². The van der Waals surface area contributed by atoms with Gasteiger partial charge in [-0.1, -0.05) is 0 Å². The molecule has 1 rings (SSSR count). The zero-order chi connectivity index (χ0) is 9.14. The van der Waals surface area contributed by atoms with Crippen LogP contribution in [-0.2, 0) is 4.74 Å². The summed E-state index contributed by atoms with van der Waals surface area (Å²) in [6.45, 7) is 5.32. The standard InChI is InChI=1S/C8H16N2O2/c1-6-4-10(8(11)9-3)5-7(2)12-6/h6-7H,4-5H2,1-3H3,(H,9,11)/t6-,7+. The van der Waals surface area contributed by atoms with Crippen LogP contribution in [0.4, 0.5) is 4.79 Å². The first kappa shape index (κ1) is 9.32. The van der Waals surface area contributed by atoms with Gasteiger partial charge in [-0.2, -0.15) is 0 Å². The van der Waals surface area contributed by atoms with E-state index in [4.69, 9.17) is 4.74 Å². The van der Waals surface area contributed by atoms with Gasteiger partial charge in [-0.3, -0.25) is 0 Å². The maximum Gasteiger partial charge on any atom is 0.317 e. The molecule has 0 aromatic carbocycles. The molecule has 70 valence electrons. The Bertz CT molecular complexity index is 162. The highest BCUT2D eigenvalue weighted by molar-refractivity contribution is 5.73. The van der Waals surface area contributed by atoms with Crippen LogP contribution in [0.15, 0.2) is 0 Å². The minimum atomic E-state index is -0.0167. The van der Waals surface area contributed by atoms with Crippen LogP contribution in [0.5, 0.6) is 0 Å². The van der Waals surface area contributed by atoms with Gasteiger partial charge in [0.2, 0.25) is 0 Å². The molecular weight excluding hydrogens is 156 g/mol. The molecule has 2 atom stereocenters. The fraction of sp³-hybridized carbons (Fsp3) is 0.875. The highest BCUT2D eigenvalue weighted by atomic mass is 16.5. The molecule has 0 spiro atoms. The monoisotopic (exact) mass is 172 g/mol. The summed E-state index contributed by atoms with van der Waals surface area (Å²) in [7, 11) is 1.65. The van der Waals surface area contributed by atoms with Crippen LogP contribution in [0, 0.1) is 0 Å². The summed E-state index contributed by atoms with van der Waals surface area (Å²) >= 11 is 0. The van der Waals surface area contributed by atoms with Crippen LogP contribution >= 0.6 is 0 Å². The van der Waals surface area contributed by atoms with Crippen LogP contribution in [-0.4, -0.2) is 43.3 Å². The SMILES string of the molecule is CNC(=O)N1C[C@@H](C)O[C@@H](C)C1. The topological polar surface area (TPSA) is 41.6 Å². The Kier molecular flexibility index (Phi) is 2.92. The van der Waals surface area contributed by atoms with Gasteiger partial charge in [0, 0.05) is 20.1 Å². The maximum absolute atomic E-state index is 11.2. The van der Waals surface area contributed by atoms with Crippen molar-refractivity contribution in [2.24, 2.45) is 0 Å². The molecule has 4 nitrogen and oxygen atoms in total. The normalized spacial score (nSPS) is 30.1. The summed E-state index contributed by atoms with van der Waals surface area (Å²) in [6, 6.07) is -0.0167. The minimum Gasteiger partial charge on any atom is -0.372 e. The van der Waals surface area contributed by atoms with Crippen LogP contribution in [0.1, 0.15) is 13.8 Å². The number of nitrogens with one attached hydrogen (secondary N) is 1. The van der Waals surface area contributed by atoms with Gasteiger partial charge in [0.1, 0.15) is 0 Å². The fourth-order valence-corrected chi connectivity index (χ4v) is 1.50. The van der Waals surface area contributed by atoms with Crippen molar-refractivity contribution in [3.63, 3.8) is 0 Å². The number of carbonyl (C=O) groups excluding carboxylic acids is 1. The molecule has 1 aliphatic rings. The van der Waals surface area contributed by atoms with Gasteiger partial charge in [-0.25, -0.2) is 4.79 Å². The van der Waals surface area contributed by atoms with E-state index in [-0.39, 0.29) is 18.2 Å². The molecule has 2 amide bonds. The molecule has 4 heteroatoms. The molecule has 0 aliphatic carbocycles. The lowest BCUT2D eigenvalue weighted by atomic mass is 10.2. The molecule has 0 aromatic heterocycles. The van der Waals surface area contributed by atoms with E-state index in [0.717, 1.165) is 0 Å². The van der Waals surface area contributed by atoms with E-state index in [2.05, 4.69) is 5.32 Å². The minimum absolute atomic E-state index is 0.0167. The van der Waals surface area contributed by atoms with E-state index in [9.17, 15) is 4.79 Å². The lowest BCUT2D eigenvalue weighted by Gasteiger charge is -2.34. The van der Waals surface area contributed by atoms with Crippen molar-refractivity contribution < 1.29 is 9.53 Å². The third-order valence-electron chi connectivity index (χ3n) is 1.92. The summed E-state index contributed by atoms with van der Waals surface area (Å²) in [5, 5.41) is 2.61. The van der Waals surface area contributed by atoms with E-state index >= 15 is 0 Å². The third kappa shape index (κ3) is 2.11. The van der Waals surface area contributed by atoms with Crippen LogP contribution in [0.2, 0.25) is 0 Å². The van der Waals surface area contributed by atoms with Gasteiger partial charge < -0.3 is 15.0 Å². The second kappa shape index (κ2) is 3.76. The third-order valence-corrected chi connectivity index (χ3v) is 1.92. The van der Waals surface area contributed by atoms with Crippen molar-refractivity contribution >= 4 is 6.03 Å². The van der Waals surface area contributed by atoms with Crippen molar-refractivity contribution in [3.8, 4) is 0 Å². The Morgan fingerprint density at radius 1 is 1.42 bits per heavy atom. The average molecular weight is 172 g/mol. The average Bonchev–Trinajstić information content (AvgIpc) is 2.01. The number of rotatable bonds is 0. The number of nitrogens with zero attached hydrogens (tertiary/aromatic N) is 1. The second-order valence-corrected chi connectivity index (χ2v) is 3.22. The number of hydrogen-bond donors (Lipinski definition) is 1. The molecule has 1 N–H and O–H groups in total. The number of hydrogen-bond acceptors (Lipinski definition) is 2. The van der Waals surface area contributed by atoms with E-state index in [1.54, 1.807) is 11.9 Å². The van der Waals surface area contributed by atoms with Crippen molar-refractivity contribution in [2.45, 2.75) is 26.1 Å². The van der Waals surface area contributed by atoms with Gasteiger partial charge in [0.05, 0.1) is 12.2 Å². The summed E-state index contributed by atoms with van der Waals surface area (Å²) in [6.07, 6.45) is 0.289. The summed E-state index contributed by atoms with van der Waals surface area (Å²) < 4.78 is 5.49. The Hall–Kier alpha value is -0.770. The van der Waals surface area contributed by atoms with Gasteiger partial charge in [-0.15, -0.1) is 0 Å². The number of urea groups is 1. The van der Waals surface area contributed by atoms with E-state index < -0.39 is 0 Å². The van der Waals surface area contributed by atoms with Gasteiger partial charge in [0.25, 0.3) is 0 Å². The summed E-state index contributed by atoms with van der Waals surface area (Å²) in [5.74, 6) is 0. The van der Waals surface area contributed by atoms with Crippen molar-refractivity contribution in [1.82, 2.24) is 10.2 Å². The van der Waals surface area contributed by atoms with Crippen molar-refractivity contribution in [2.75, 3.05) is 20.1 Å². The molecule has 1 fully saturated rings. The van der Waals surface area contributed by atoms with Crippen LogP contribution in [0.25, 0.3) is 0 Å². The Balaban J connectivity index is 2.49. The Morgan fingerprint density at radius 3 is 2.33 bits per heavy atom. The zero-order valence-electron chi connectivity index (χ0n) is 7.83. The number of ether oxygens (including phenoxy) is 1. The smallest absolute Gasteiger partial charge is 0.317 e. The van der Waals surface area contributed by atoms with E-state index in [1.165, 1.54) is 0 Å². The molecule has 0 radical (unpaired) electrons. The van der Waals surface area contributed by atoms with Gasteiger partial charge in [-0.05, 0) is 13.8 Å². The molecule has 12 heavy (non-hydrogen) atoms. The largest absolute Gasteiger partial charge is 0.372 e.